The number of phenols is 1. The fourth-order valence-electron chi connectivity index (χ4n) is 4.01. The van der Waals surface area contributed by atoms with Crippen LogP contribution in [0.15, 0.2) is 24.3 Å². The minimum absolute atomic E-state index is 0.0262. The van der Waals surface area contributed by atoms with Crippen molar-refractivity contribution in [2.45, 2.75) is 70.1 Å². The summed E-state index contributed by atoms with van der Waals surface area (Å²) in [6.45, 7) is 4.69. The summed E-state index contributed by atoms with van der Waals surface area (Å²) in [5.74, 6) is -3.84. The molecule has 11 nitrogen and oxygen atoms in total. The lowest BCUT2D eigenvalue weighted by Crippen LogP contribution is -2.60. The summed E-state index contributed by atoms with van der Waals surface area (Å²) in [7, 11) is 0. The summed E-state index contributed by atoms with van der Waals surface area (Å²) in [5, 5.41) is 23.9. The van der Waals surface area contributed by atoms with Gasteiger partial charge in [-0.1, -0.05) is 12.1 Å². The van der Waals surface area contributed by atoms with Gasteiger partial charge < -0.3 is 31.5 Å². The minimum Gasteiger partial charge on any atom is -0.508 e. The van der Waals surface area contributed by atoms with E-state index in [0.29, 0.717) is 12.0 Å². The van der Waals surface area contributed by atoms with E-state index < -0.39 is 59.7 Å². The molecule has 0 bridgehead atoms. The fourth-order valence-corrected chi connectivity index (χ4v) is 4.01. The van der Waals surface area contributed by atoms with Crippen molar-refractivity contribution in [3.05, 3.63) is 29.8 Å². The lowest BCUT2D eigenvalue weighted by molar-refractivity contribution is -0.148. The van der Waals surface area contributed by atoms with Crippen molar-refractivity contribution >= 4 is 29.6 Å². The minimum atomic E-state index is -1.26. The van der Waals surface area contributed by atoms with Gasteiger partial charge in [0.2, 0.25) is 23.6 Å². The molecule has 1 aromatic carbocycles. The van der Waals surface area contributed by atoms with E-state index in [9.17, 15) is 34.2 Å². The Morgan fingerprint density at radius 2 is 1.73 bits per heavy atom. The third kappa shape index (κ3) is 6.67. The molecule has 1 fully saturated rings. The van der Waals surface area contributed by atoms with E-state index in [1.807, 2.05) is 0 Å². The van der Waals surface area contributed by atoms with E-state index in [-0.39, 0.29) is 18.6 Å². The molecule has 0 aliphatic carbocycles. The number of aliphatic carboxylic acids is 1. The van der Waals surface area contributed by atoms with Crippen molar-refractivity contribution in [3.8, 4) is 5.75 Å². The van der Waals surface area contributed by atoms with Crippen LogP contribution in [0.1, 0.15) is 45.6 Å². The Morgan fingerprint density at radius 1 is 1.12 bits per heavy atom. The molecule has 1 aromatic rings. The number of likely N-dealkylation sites (tertiary alicyclic amines) is 1. The van der Waals surface area contributed by atoms with E-state index in [4.69, 9.17) is 5.73 Å². The molecule has 6 N–H and O–H groups in total. The average molecular weight is 463 g/mol. The Morgan fingerprint density at radius 3 is 2.24 bits per heavy atom. The van der Waals surface area contributed by atoms with E-state index >= 15 is 0 Å². The van der Waals surface area contributed by atoms with E-state index in [0.717, 1.165) is 0 Å². The Balaban J connectivity index is 2.24. The average Bonchev–Trinajstić information content (AvgIpc) is 3.02. The largest absolute Gasteiger partial charge is 0.508 e. The molecule has 0 radical (unpaired) electrons. The number of carbonyl (C=O) groups excluding carboxylic acids is 4. The van der Waals surface area contributed by atoms with E-state index in [1.165, 1.54) is 24.0 Å². The number of hydrogen-bond acceptors (Lipinski definition) is 6. The molecule has 1 saturated heterocycles. The Hall–Kier alpha value is -3.63. The smallest absolute Gasteiger partial charge is 0.326 e. The van der Waals surface area contributed by atoms with E-state index in [1.54, 1.807) is 26.0 Å². The first-order valence-corrected chi connectivity index (χ1v) is 10.5. The van der Waals surface area contributed by atoms with Gasteiger partial charge in [-0.3, -0.25) is 19.2 Å². The first-order valence-electron chi connectivity index (χ1n) is 10.5. The SMILES string of the molecule is CC(=O)N[C@@H](CC(N)=O)C(=O)N1[C@H](C(=O)N[C@@H](Cc2ccc(O)cc2)C(=O)O)CCC1(C)C. The van der Waals surface area contributed by atoms with Crippen molar-refractivity contribution in [2.24, 2.45) is 5.73 Å². The van der Waals surface area contributed by atoms with Crippen LogP contribution in [0.25, 0.3) is 0 Å². The van der Waals surface area contributed by atoms with Crippen molar-refractivity contribution in [3.63, 3.8) is 0 Å². The maximum absolute atomic E-state index is 13.3. The molecule has 0 saturated carbocycles. The van der Waals surface area contributed by atoms with Crippen molar-refractivity contribution in [1.29, 1.82) is 0 Å². The summed E-state index contributed by atoms with van der Waals surface area (Å²) < 4.78 is 0. The number of carboxylic acids is 1. The second-order valence-electron chi connectivity index (χ2n) is 8.77. The molecule has 180 valence electrons. The number of carboxylic acid groups (broad SMARTS) is 1. The molecule has 1 aliphatic rings. The molecule has 1 aliphatic heterocycles. The van der Waals surface area contributed by atoms with Crippen molar-refractivity contribution in [1.82, 2.24) is 15.5 Å². The first-order chi connectivity index (χ1) is 15.3. The third-order valence-electron chi connectivity index (χ3n) is 5.61. The molecule has 2 rings (SSSR count). The normalized spacial score (nSPS) is 18.8. The molecule has 3 atom stereocenters. The van der Waals surface area contributed by atoms with Crippen molar-refractivity contribution < 1.29 is 34.2 Å². The second kappa shape index (κ2) is 10.3. The predicted molar refractivity (Wildman–Crippen MR) is 117 cm³/mol. The highest BCUT2D eigenvalue weighted by Gasteiger charge is 2.48. The summed E-state index contributed by atoms with van der Waals surface area (Å²) in [6.07, 6.45) is 0.273. The summed E-state index contributed by atoms with van der Waals surface area (Å²) in [6, 6.07) is 2.44. The van der Waals surface area contributed by atoms with Gasteiger partial charge in [0.15, 0.2) is 0 Å². The van der Waals surface area contributed by atoms with Gasteiger partial charge in [0.1, 0.15) is 23.9 Å². The summed E-state index contributed by atoms with van der Waals surface area (Å²) in [4.78, 5) is 62.4. The highest BCUT2D eigenvalue weighted by atomic mass is 16.4. The first kappa shape index (κ1) is 25.6. The topological polar surface area (TPSA) is 179 Å². The fraction of sp³-hybridized carbons (Fsp3) is 0.500. The van der Waals surface area contributed by atoms with Crippen LogP contribution < -0.4 is 16.4 Å². The zero-order valence-electron chi connectivity index (χ0n) is 18.8. The quantitative estimate of drug-likeness (QED) is 0.333. The zero-order chi connectivity index (χ0) is 24.9. The third-order valence-corrected chi connectivity index (χ3v) is 5.61. The van der Waals surface area contributed by atoms with Gasteiger partial charge in [-0.15, -0.1) is 0 Å². The highest BCUT2D eigenvalue weighted by molar-refractivity contribution is 5.96. The Kier molecular flexibility index (Phi) is 8.02. The maximum atomic E-state index is 13.3. The zero-order valence-corrected chi connectivity index (χ0v) is 18.8. The van der Waals surface area contributed by atoms with Crippen LogP contribution in [0.2, 0.25) is 0 Å². The number of nitrogens with zero attached hydrogens (tertiary/aromatic N) is 1. The van der Waals surface area contributed by atoms with Crippen LogP contribution in [-0.2, 0) is 30.4 Å². The molecule has 0 aromatic heterocycles. The van der Waals surface area contributed by atoms with Crippen LogP contribution in [0.3, 0.4) is 0 Å². The Labute approximate surface area is 191 Å². The molecule has 1 heterocycles. The number of nitrogens with one attached hydrogen (secondary N) is 2. The maximum Gasteiger partial charge on any atom is 0.326 e. The predicted octanol–water partition coefficient (Wildman–Crippen LogP) is -0.346. The number of carbonyl (C=O) groups is 5. The van der Waals surface area contributed by atoms with E-state index in [2.05, 4.69) is 10.6 Å². The van der Waals surface area contributed by atoms with Crippen molar-refractivity contribution in [2.75, 3.05) is 0 Å². The molecule has 0 spiro atoms. The number of phenolic OH excluding ortho intramolecular Hbond substituents is 1. The van der Waals surface area contributed by atoms with Crippen LogP contribution in [0, 0.1) is 0 Å². The second-order valence-corrected chi connectivity index (χ2v) is 8.77. The number of amides is 4. The lowest BCUT2D eigenvalue weighted by Gasteiger charge is -2.38. The Bertz CT molecular complexity index is 913. The van der Waals surface area contributed by atoms with Gasteiger partial charge in [0.05, 0.1) is 6.42 Å². The summed E-state index contributed by atoms with van der Waals surface area (Å²) in [5.41, 5.74) is 5.04. The van der Waals surface area contributed by atoms with Gasteiger partial charge >= 0.3 is 5.97 Å². The molecular weight excluding hydrogens is 432 g/mol. The molecule has 4 amide bonds. The molecule has 0 unspecified atom stereocenters. The number of rotatable bonds is 9. The standard InChI is InChI=1S/C22H30N4O7/c1-12(27)24-15(11-18(23)29)20(31)26-17(8-9-22(26,2)3)19(30)25-16(21(32)33)10-13-4-6-14(28)7-5-13/h4-7,15-17,28H,8-11H2,1-3H3,(H2,23,29)(H,24,27)(H,25,30)(H,32,33)/t15-,16-,17-/m0/s1. The van der Waals surface area contributed by atoms with Gasteiger partial charge in [0, 0.05) is 18.9 Å². The van der Waals surface area contributed by atoms with Crippen LogP contribution in [0.4, 0.5) is 0 Å². The monoisotopic (exact) mass is 462 g/mol. The number of aromatic hydroxyl groups is 1. The van der Waals surface area contributed by atoms with Gasteiger partial charge in [-0.25, -0.2) is 4.79 Å². The summed E-state index contributed by atoms with van der Waals surface area (Å²) >= 11 is 0. The molecule has 33 heavy (non-hydrogen) atoms. The van der Waals surface area contributed by atoms with Crippen LogP contribution in [-0.4, -0.2) is 68.4 Å². The van der Waals surface area contributed by atoms with Crippen LogP contribution in [0.5, 0.6) is 5.75 Å². The number of hydrogen-bond donors (Lipinski definition) is 5. The number of nitrogens with two attached hydrogens (primary N) is 1. The van der Waals surface area contributed by atoms with Crippen LogP contribution >= 0.6 is 0 Å². The molecular formula is C22H30N4O7. The highest BCUT2D eigenvalue weighted by Crippen LogP contribution is 2.34. The van der Waals surface area contributed by atoms with Gasteiger partial charge in [-0.2, -0.15) is 0 Å². The lowest BCUT2D eigenvalue weighted by atomic mass is 10.0. The number of benzene rings is 1. The number of primary amides is 1. The molecule has 11 heteroatoms. The van der Waals surface area contributed by atoms with Gasteiger partial charge in [-0.05, 0) is 44.4 Å². The van der Waals surface area contributed by atoms with Gasteiger partial charge in [0.25, 0.3) is 0 Å².